The third-order valence-corrected chi connectivity index (χ3v) is 13.6. The molecule has 1 aliphatic rings. The van der Waals surface area contributed by atoms with Crippen LogP contribution in [0, 0.1) is 0 Å². The van der Waals surface area contributed by atoms with Gasteiger partial charge >= 0.3 is 0 Å². The van der Waals surface area contributed by atoms with Crippen molar-refractivity contribution in [3.05, 3.63) is 271 Å². The van der Waals surface area contributed by atoms with Crippen molar-refractivity contribution in [1.29, 1.82) is 0 Å². The third kappa shape index (κ3) is 8.07. The monoisotopic (exact) mass is 920 g/mol. The summed E-state index contributed by atoms with van der Waals surface area (Å²) in [7, 11) is 0. The molecule has 0 fully saturated rings. The van der Waals surface area contributed by atoms with Crippen LogP contribution in [0.1, 0.15) is 22.9 Å². The first-order valence-electron chi connectivity index (χ1n) is 24.3. The van der Waals surface area contributed by atoms with E-state index >= 15 is 0 Å². The molecule has 0 bridgehead atoms. The Morgan fingerprint density at radius 1 is 0.306 bits per heavy atom. The zero-order valence-electron chi connectivity index (χ0n) is 39.1. The van der Waals surface area contributed by atoms with Crippen LogP contribution in [-0.2, 0) is 0 Å². The van der Waals surface area contributed by atoms with E-state index in [0.29, 0.717) is 23.3 Å². The Labute approximate surface area is 417 Å². The summed E-state index contributed by atoms with van der Waals surface area (Å²) in [6, 6.07) is 89.4. The van der Waals surface area contributed by atoms with Crippen molar-refractivity contribution in [1.82, 2.24) is 20.3 Å². The Bertz CT molecular complexity index is 4040. The molecule has 338 valence electrons. The number of aromatic nitrogens is 3. The maximum Gasteiger partial charge on any atom is 0.164 e. The zero-order valence-corrected chi connectivity index (χ0v) is 39.1. The second kappa shape index (κ2) is 18.3. The van der Waals surface area contributed by atoms with Crippen molar-refractivity contribution in [3.63, 3.8) is 0 Å². The van der Waals surface area contributed by atoms with Gasteiger partial charge in [0, 0.05) is 27.8 Å². The molecule has 1 atom stereocenters. The second-order valence-corrected chi connectivity index (χ2v) is 18.0. The quantitative estimate of drug-likeness (QED) is 0.156. The highest BCUT2D eigenvalue weighted by molar-refractivity contribution is 6.16. The van der Waals surface area contributed by atoms with E-state index in [4.69, 9.17) is 24.9 Å². The van der Waals surface area contributed by atoms with Crippen molar-refractivity contribution in [3.8, 4) is 67.5 Å². The summed E-state index contributed by atoms with van der Waals surface area (Å²) in [4.78, 5) is 25.5. The molecule has 11 aromatic carbocycles. The zero-order chi connectivity index (χ0) is 47.8. The van der Waals surface area contributed by atoms with Gasteiger partial charge in [0.15, 0.2) is 23.3 Å². The van der Waals surface area contributed by atoms with Gasteiger partial charge in [0.25, 0.3) is 0 Å². The van der Waals surface area contributed by atoms with Gasteiger partial charge in [-0.3, -0.25) is 0 Å². The number of amidine groups is 2. The highest BCUT2D eigenvalue weighted by atomic mass is 15.2. The largest absolute Gasteiger partial charge is 0.344 e. The normalized spacial score (nSPS) is 13.4. The number of nitrogens with one attached hydrogen (secondary N) is 1. The molecular formula is C66H44N6. The van der Waals surface area contributed by atoms with Gasteiger partial charge in [-0.1, -0.05) is 249 Å². The molecule has 0 spiro atoms. The van der Waals surface area contributed by atoms with Gasteiger partial charge in [-0.15, -0.1) is 0 Å². The first-order chi connectivity index (χ1) is 35.7. The Balaban J connectivity index is 0.925. The van der Waals surface area contributed by atoms with Gasteiger partial charge in [0.05, 0.1) is 0 Å². The van der Waals surface area contributed by atoms with Gasteiger partial charge in [-0.2, -0.15) is 0 Å². The molecule has 6 heteroatoms. The first-order valence-corrected chi connectivity index (χ1v) is 24.3. The average Bonchev–Trinajstić information content (AvgIpc) is 3.47. The van der Waals surface area contributed by atoms with Crippen molar-refractivity contribution < 1.29 is 0 Å². The molecule has 1 aliphatic heterocycles. The molecule has 1 unspecified atom stereocenters. The van der Waals surface area contributed by atoms with Crippen molar-refractivity contribution >= 4 is 44.0 Å². The van der Waals surface area contributed by atoms with Crippen LogP contribution in [0.25, 0.3) is 99.9 Å². The summed E-state index contributed by atoms with van der Waals surface area (Å²) in [6.07, 6.45) is -0.281. The molecule has 2 heterocycles. The molecule has 0 radical (unpaired) electrons. The number of aliphatic imine (C=N–C) groups is 2. The van der Waals surface area contributed by atoms with Gasteiger partial charge in [-0.25, -0.2) is 24.9 Å². The Morgan fingerprint density at radius 3 is 1.31 bits per heavy atom. The van der Waals surface area contributed by atoms with Crippen LogP contribution in [0.5, 0.6) is 0 Å². The van der Waals surface area contributed by atoms with E-state index in [1.165, 1.54) is 38.1 Å². The van der Waals surface area contributed by atoms with Crippen molar-refractivity contribution in [2.24, 2.45) is 9.98 Å². The average molecular weight is 921 g/mol. The van der Waals surface area contributed by atoms with Crippen LogP contribution in [-0.4, -0.2) is 26.6 Å². The van der Waals surface area contributed by atoms with Crippen LogP contribution in [0.4, 0.5) is 0 Å². The minimum absolute atomic E-state index is 0.281. The summed E-state index contributed by atoms with van der Waals surface area (Å²) < 4.78 is 0. The smallest absolute Gasteiger partial charge is 0.164 e. The third-order valence-electron chi connectivity index (χ3n) is 13.6. The summed E-state index contributed by atoms with van der Waals surface area (Å²) in [5.41, 5.74) is 12.6. The minimum atomic E-state index is -0.281. The lowest BCUT2D eigenvalue weighted by atomic mass is 9.83. The number of nitrogens with zero attached hydrogens (tertiary/aromatic N) is 5. The van der Waals surface area contributed by atoms with Gasteiger partial charge in [0.2, 0.25) is 0 Å². The lowest BCUT2D eigenvalue weighted by Crippen LogP contribution is -2.33. The van der Waals surface area contributed by atoms with Crippen LogP contribution in [0.3, 0.4) is 0 Å². The summed E-state index contributed by atoms with van der Waals surface area (Å²) >= 11 is 0. The molecule has 0 amide bonds. The fourth-order valence-corrected chi connectivity index (χ4v) is 9.97. The summed E-state index contributed by atoms with van der Waals surface area (Å²) in [5, 5.41) is 10.6. The van der Waals surface area contributed by atoms with E-state index in [1.54, 1.807) is 0 Å². The number of hydrogen-bond acceptors (Lipinski definition) is 6. The van der Waals surface area contributed by atoms with E-state index in [1.807, 2.05) is 66.7 Å². The van der Waals surface area contributed by atoms with Crippen LogP contribution < -0.4 is 5.32 Å². The predicted molar refractivity (Wildman–Crippen MR) is 297 cm³/mol. The van der Waals surface area contributed by atoms with Crippen molar-refractivity contribution in [2.75, 3.05) is 0 Å². The molecular weight excluding hydrogens is 877 g/mol. The van der Waals surface area contributed by atoms with E-state index in [9.17, 15) is 0 Å². The Morgan fingerprint density at radius 2 is 0.722 bits per heavy atom. The maximum atomic E-state index is 5.16. The van der Waals surface area contributed by atoms with Crippen molar-refractivity contribution in [2.45, 2.75) is 6.17 Å². The molecule has 0 saturated heterocycles. The Hall–Kier alpha value is -9.65. The fourth-order valence-electron chi connectivity index (χ4n) is 9.97. The van der Waals surface area contributed by atoms with E-state index in [0.717, 1.165) is 66.9 Å². The topological polar surface area (TPSA) is 75.4 Å². The number of rotatable bonds is 9. The minimum Gasteiger partial charge on any atom is -0.344 e. The fraction of sp³-hybridized carbons (Fsp3) is 0.0152. The van der Waals surface area contributed by atoms with Gasteiger partial charge in [0.1, 0.15) is 12.0 Å². The van der Waals surface area contributed by atoms with E-state index < -0.39 is 0 Å². The standard InChI is InChI=1S/C66H44N6/c1-4-19-48(20-5-1)61-67-62(49-21-6-2-7-22-49)69-64(68-61)51-33-29-46(30-34-51)57-40-38-44-17-12-14-26-55(44)59(57)60-56-27-15-13-18-45(56)39-41-58(60)47-31-35-52(36-32-47)65-70-63(50-23-8-3-9-24-50)71-66(72-65)54-37-28-43-16-10-11-25-53(43)42-54/h1-42,61H,(H,67,68,69). The SMILES string of the molecule is c1ccc(C2=NC(c3ccc(-c4ccc5ccccc5c4-c4c(-c5ccc(-c6nc(-c7ccccc7)nc(-c7ccc8ccccc8c7)n6)cc5)ccc5ccccc45)cc3)=NC(c3ccccc3)N2)cc1. The molecule has 1 aromatic heterocycles. The molecule has 13 rings (SSSR count). The number of hydrogen-bond donors (Lipinski definition) is 1. The first kappa shape index (κ1) is 42.5. The predicted octanol–water partition coefficient (Wildman–Crippen LogP) is 15.8. The molecule has 12 aromatic rings. The lowest BCUT2D eigenvalue weighted by Gasteiger charge is -2.24. The molecule has 72 heavy (non-hydrogen) atoms. The number of benzene rings is 11. The van der Waals surface area contributed by atoms with Gasteiger partial charge in [-0.05, 0) is 77.3 Å². The summed E-state index contributed by atoms with van der Waals surface area (Å²) in [6.45, 7) is 0. The molecule has 6 nitrogen and oxygen atoms in total. The summed E-state index contributed by atoms with van der Waals surface area (Å²) in [5.74, 6) is 3.36. The maximum absolute atomic E-state index is 5.16. The van der Waals surface area contributed by atoms with E-state index in [2.05, 4.69) is 193 Å². The van der Waals surface area contributed by atoms with Gasteiger partial charge < -0.3 is 5.32 Å². The second-order valence-electron chi connectivity index (χ2n) is 18.0. The van der Waals surface area contributed by atoms with Crippen LogP contribution in [0.2, 0.25) is 0 Å². The highest BCUT2D eigenvalue weighted by Gasteiger charge is 2.23. The lowest BCUT2D eigenvalue weighted by molar-refractivity contribution is 0.674. The van der Waals surface area contributed by atoms with E-state index in [-0.39, 0.29) is 6.17 Å². The molecule has 0 saturated carbocycles. The highest BCUT2D eigenvalue weighted by Crippen LogP contribution is 2.46. The number of fused-ring (bicyclic) bond motifs is 3. The van der Waals surface area contributed by atoms with Crippen LogP contribution >= 0.6 is 0 Å². The Kier molecular flexibility index (Phi) is 10.8. The molecule has 0 aliphatic carbocycles. The molecule has 1 N–H and O–H groups in total. The van der Waals surface area contributed by atoms with Crippen LogP contribution in [0.15, 0.2) is 265 Å².